The molecule has 11 heteroatoms. The lowest BCUT2D eigenvalue weighted by atomic mass is 9.99. The van der Waals surface area contributed by atoms with Crippen LogP contribution in [0.2, 0.25) is 0 Å². The van der Waals surface area contributed by atoms with E-state index in [4.69, 9.17) is 9.47 Å². The number of amides is 1. The second-order valence-corrected chi connectivity index (χ2v) is 7.42. The van der Waals surface area contributed by atoms with Crippen molar-refractivity contribution in [1.29, 1.82) is 0 Å². The minimum absolute atomic E-state index is 0.153. The number of aromatic nitrogens is 4. The summed E-state index contributed by atoms with van der Waals surface area (Å²) in [5, 5.41) is 14.1. The van der Waals surface area contributed by atoms with Gasteiger partial charge >= 0.3 is 6.18 Å². The van der Waals surface area contributed by atoms with Gasteiger partial charge in [-0.2, -0.15) is 23.4 Å². The minimum atomic E-state index is -4.44. The Bertz CT molecular complexity index is 1120. The van der Waals surface area contributed by atoms with Crippen molar-refractivity contribution in [3.8, 4) is 17.0 Å². The zero-order valence-electron chi connectivity index (χ0n) is 16.2. The summed E-state index contributed by atoms with van der Waals surface area (Å²) < 4.78 is 51.9. The molecule has 0 spiro atoms. The van der Waals surface area contributed by atoms with E-state index in [9.17, 15) is 18.0 Å². The Hall–Kier alpha value is -3.34. The van der Waals surface area contributed by atoms with Gasteiger partial charge in [0.15, 0.2) is 5.69 Å². The summed E-state index contributed by atoms with van der Waals surface area (Å²) in [7, 11) is 0. The summed E-state index contributed by atoms with van der Waals surface area (Å²) in [5.41, 5.74) is 1.87. The van der Waals surface area contributed by atoms with Crippen molar-refractivity contribution < 1.29 is 27.4 Å². The van der Waals surface area contributed by atoms with Gasteiger partial charge in [-0.05, 0) is 36.2 Å². The van der Waals surface area contributed by atoms with E-state index >= 15 is 0 Å². The second-order valence-electron chi connectivity index (χ2n) is 7.42. The van der Waals surface area contributed by atoms with Gasteiger partial charge in [-0.1, -0.05) is 0 Å². The van der Waals surface area contributed by atoms with Gasteiger partial charge in [0.2, 0.25) is 0 Å². The Morgan fingerprint density at radius 2 is 2.16 bits per heavy atom. The number of hydrogen-bond donors (Lipinski definition) is 2. The van der Waals surface area contributed by atoms with Gasteiger partial charge in [0, 0.05) is 6.20 Å². The molecule has 1 aromatic carbocycles. The zero-order chi connectivity index (χ0) is 21.6. The number of nitrogens with zero attached hydrogens (tertiary/aromatic N) is 3. The Labute approximate surface area is 174 Å². The van der Waals surface area contributed by atoms with Gasteiger partial charge < -0.3 is 14.8 Å². The van der Waals surface area contributed by atoms with Crippen LogP contribution >= 0.6 is 0 Å². The summed E-state index contributed by atoms with van der Waals surface area (Å²) in [6.45, 7) is 1.48. The largest absolute Gasteiger partial charge is 0.491 e. The number of rotatable bonds is 3. The third-order valence-corrected chi connectivity index (χ3v) is 5.36. The number of nitrogens with one attached hydrogen (secondary N) is 2. The van der Waals surface area contributed by atoms with Gasteiger partial charge in [-0.3, -0.25) is 14.6 Å². The lowest BCUT2D eigenvalue weighted by Gasteiger charge is -2.26. The maximum Gasteiger partial charge on any atom is 0.416 e. The highest BCUT2D eigenvalue weighted by Crippen LogP contribution is 2.34. The number of halogens is 3. The smallest absolute Gasteiger partial charge is 0.416 e. The van der Waals surface area contributed by atoms with E-state index in [2.05, 4.69) is 20.6 Å². The van der Waals surface area contributed by atoms with Crippen LogP contribution < -0.4 is 10.1 Å². The first kappa shape index (κ1) is 19.6. The molecular weight excluding hydrogens is 415 g/mol. The van der Waals surface area contributed by atoms with Crippen molar-refractivity contribution in [3.63, 3.8) is 0 Å². The Kier molecular flexibility index (Phi) is 4.69. The molecule has 2 aliphatic heterocycles. The molecule has 0 fully saturated rings. The maximum atomic E-state index is 13.1. The van der Waals surface area contributed by atoms with Crippen molar-refractivity contribution in [3.05, 3.63) is 53.0 Å². The van der Waals surface area contributed by atoms with Crippen molar-refractivity contribution in [2.24, 2.45) is 0 Å². The third kappa shape index (κ3) is 3.65. The van der Waals surface area contributed by atoms with E-state index in [0.29, 0.717) is 42.3 Å². The topological polar surface area (TPSA) is 94.1 Å². The molecule has 1 unspecified atom stereocenters. The third-order valence-electron chi connectivity index (χ3n) is 5.36. The van der Waals surface area contributed by atoms with Crippen LogP contribution in [-0.4, -0.2) is 45.1 Å². The van der Waals surface area contributed by atoms with Crippen LogP contribution in [0.1, 0.15) is 27.3 Å². The summed E-state index contributed by atoms with van der Waals surface area (Å²) in [6, 6.07) is 4.62. The second kappa shape index (κ2) is 7.41. The van der Waals surface area contributed by atoms with Gasteiger partial charge in [0.1, 0.15) is 12.4 Å². The molecule has 4 heterocycles. The van der Waals surface area contributed by atoms with Crippen LogP contribution in [0.5, 0.6) is 5.75 Å². The van der Waals surface area contributed by atoms with Crippen LogP contribution in [0.25, 0.3) is 11.3 Å². The molecule has 8 nitrogen and oxygen atoms in total. The Morgan fingerprint density at radius 1 is 1.29 bits per heavy atom. The molecule has 0 radical (unpaired) electrons. The fourth-order valence-electron chi connectivity index (χ4n) is 3.90. The first-order chi connectivity index (χ1) is 14.9. The predicted octanol–water partition coefficient (Wildman–Crippen LogP) is 2.56. The minimum Gasteiger partial charge on any atom is -0.491 e. The van der Waals surface area contributed by atoms with Crippen molar-refractivity contribution in [1.82, 2.24) is 25.3 Å². The zero-order valence-corrected chi connectivity index (χ0v) is 16.2. The molecule has 162 valence electrons. The Morgan fingerprint density at radius 3 is 2.94 bits per heavy atom. The SMILES string of the molecule is O=C(NC1COc2ccc(C(F)(F)F)cc2C1)c1nn2c(c1-c1ccn[nH]1)COCC2. The van der Waals surface area contributed by atoms with Crippen LogP contribution in [0.15, 0.2) is 30.5 Å². The monoisotopic (exact) mass is 433 g/mol. The van der Waals surface area contributed by atoms with Crippen molar-refractivity contribution in [2.75, 3.05) is 13.2 Å². The molecule has 2 aromatic heterocycles. The molecule has 2 N–H and O–H groups in total. The molecule has 2 aliphatic rings. The Balaban J connectivity index is 1.40. The highest BCUT2D eigenvalue weighted by molar-refractivity contribution is 5.99. The van der Waals surface area contributed by atoms with Crippen LogP contribution in [0.3, 0.4) is 0 Å². The summed E-state index contributed by atoms with van der Waals surface area (Å²) in [5.74, 6) is -0.0400. The van der Waals surface area contributed by atoms with Crippen molar-refractivity contribution >= 4 is 5.91 Å². The van der Waals surface area contributed by atoms with E-state index in [1.807, 2.05) is 0 Å². The maximum absolute atomic E-state index is 13.1. The fourth-order valence-corrected chi connectivity index (χ4v) is 3.90. The molecule has 1 atom stereocenters. The first-order valence-corrected chi connectivity index (χ1v) is 9.71. The molecule has 0 saturated carbocycles. The summed E-state index contributed by atoms with van der Waals surface area (Å²) in [6.07, 6.45) is -2.64. The van der Waals surface area contributed by atoms with E-state index in [1.165, 1.54) is 6.07 Å². The molecule has 0 aliphatic carbocycles. The van der Waals surface area contributed by atoms with Crippen LogP contribution in [-0.2, 0) is 30.5 Å². The molecular formula is C20H18F3N5O3. The van der Waals surface area contributed by atoms with E-state index in [-0.39, 0.29) is 18.7 Å². The number of carbonyl (C=O) groups is 1. The number of aromatic amines is 1. The van der Waals surface area contributed by atoms with Crippen molar-refractivity contribution in [2.45, 2.75) is 31.8 Å². The lowest BCUT2D eigenvalue weighted by molar-refractivity contribution is -0.137. The fraction of sp³-hybridized carbons (Fsp3) is 0.350. The molecule has 0 saturated heterocycles. The molecule has 1 amide bonds. The van der Waals surface area contributed by atoms with Gasteiger partial charge in [-0.15, -0.1) is 0 Å². The highest BCUT2D eigenvalue weighted by Gasteiger charge is 2.33. The number of H-pyrrole nitrogens is 1. The van der Waals surface area contributed by atoms with Gasteiger partial charge in [0.05, 0.1) is 48.3 Å². The number of fused-ring (bicyclic) bond motifs is 2. The molecule has 0 bridgehead atoms. The van der Waals surface area contributed by atoms with E-state index < -0.39 is 23.7 Å². The van der Waals surface area contributed by atoms with Crippen LogP contribution in [0, 0.1) is 0 Å². The molecule has 5 rings (SSSR count). The predicted molar refractivity (Wildman–Crippen MR) is 101 cm³/mol. The number of benzene rings is 1. The number of carbonyl (C=O) groups excluding carboxylic acids is 1. The number of alkyl halides is 3. The summed E-state index contributed by atoms with van der Waals surface area (Å²) >= 11 is 0. The number of ether oxygens (including phenoxy) is 2. The molecule has 3 aromatic rings. The lowest BCUT2D eigenvalue weighted by Crippen LogP contribution is -2.43. The standard InChI is InChI=1S/C20H18F3N5O3/c21-20(22,23)12-1-2-16-11(7-12)8-13(9-31-16)25-19(29)18-17(14-3-4-24-26-14)15-10-30-6-5-28(15)27-18/h1-4,7,13H,5-6,8-10H2,(H,24,26)(H,25,29). The average molecular weight is 433 g/mol. The normalized spacial score (nSPS) is 18.1. The number of hydrogen-bond acceptors (Lipinski definition) is 5. The molecule has 31 heavy (non-hydrogen) atoms. The highest BCUT2D eigenvalue weighted by atomic mass is 19.4. The van der Waals surface area contributed by atoms with E-state index in [1.54, 1.807) is 16.9 Å². The van der Waals surface area contributed by atoms with Gasteiger partial charge in [-0.25, -0.2) is 0 Å². The quantitative estimate of drug-likeness (QED) is 0.662. The van der Waals surface area contributed by atoms with Gasteiger partial charge in [0.25, 0.3) is 5.91 Å². The summed E-state index contributed by atoms with van der Waals surface area (Å²) in [4.78, 5) is 13.1. The average Bonchev–Trinajstić information content (AvgIpc) is 3.40. The van der Waals surface area contributed by atoms with E-state index in [0.717, 1.165) is 17.8 Å². The van der Waals surface area contributed by atoms with Crippen LogP contribution in [0.4, 0.5) is 13.2 Å². The first-order valence-electron chi connectivity index (χ1n) is 9.71.